The van der Waals surface area contributed by atoms with Crippen LogP contribution in [-0.4, -0.2) is 43.2 Å². The second-order valence-electron chi connectivity index (χ2n) is 5.59. The Morgan fingerprint density at radius 1 is 1.04 bits per heavy atom. The Kier molecular flexibility index (Phi) is 5.71. The molecule has 0 fully saturated rings. The molecule has 0 saturated heterocycles. The third-order valence-corrected chi connectivity index (χ3v) is 4.01. The van der Waals surface area contributed by atoms with Crippen LogP contribution in [0.15, 0.2) is 18.2 Å². The van der Waals surface area contributed by atoms with Gasteiger partial charge in [0.25, 0.3) is 0 Å². The number of aryl methyl sites for hydroxylation is 1. The summed E-state index contributed by atoms with van der Waals surface area (Å²) in [6, 6.07) is 3.43. The number of nitrogens with one attached hydrogen (secondary N) is 1. The predicted octanol–water partition coefficient (Wildman–Crippen LogP) is 3.25. The SMILES string of the molecule is COc1cc(/C=C/C(=O)c2c(C)[nH]c(C(=O)O)c2C)cc(OC)c1OC. The summed E-state index contributed by atoms with van der Waals surface area (Å²) in [6.45, 7) is 3.27. The van der Waals surface area contributed by atoms with Gasteiger partial charge in [0.1, 0.15) is 5.69 Å². The monoisotopic (exact) mass is 359 g/mol. The van der Waals surface area contributed by atoms with E-state index in [1.54, 1.807) is 32.1 Å². The molecule has 0 aliphatic heterocycles. The molecule has 0 aliphatic carbocycles. The number of hydrogen-bond acceptors (Lipinski definition) is 5. The van der Waals surface area contributed by atoms with Crippen molar-refractivity contribution in [2.45, 2.75) is 13.8 Å². The molecule has 138 valence electrons. The molecule has 1 aromatic heterocycles. The molecule has 0 aliphatic rings. The maximum absolute atomic E-state index is 12.5. The van der Waals surface area contributed by atoms with Crippen molar-refractivity contribution in [2.75, 3.05) is 21.3 Å². The third kappa shape index (κ3) is 3.56. The molecule has 1 heterocycles. The lowest BCUT2D eigenvalue weighted by Crippen LogP contribution is -2.01. The molecule has 0 radical (unpaired) electrons. The van der Waals surface area contributed by atoms with E-state index in [0.717, 1.165) is 0 Å². The number of aromatic amines is 1. The zero-order valence-electron chi connectivity index (χ0n) is 15.3. The molecule has 7 heteroatoms. The minimum absolute atomic E-state index is 0.0204. The topological polar surface area (TPSA) is 97.9 Å². The molecule has 26 heavy (non-hydrogen) atoms. The maximum atomic E-state index is 12.5. The Labute approximate surface area is 151 Å². The van der Waals surface area contributed by atoms with Gasteiger partial charge in [0.15, 0.2) is 17.3 Å². The van der Waals surface area contributed by atoms with Crippen LogP contribution in [0.2, 0.25) is 0 Å². The van der Waals surface area contributed by atoms with E-state index in [1.807, 2.05) is 0 Å². The van der Waals surface area contributed by atoms with Crippen molar-refractivity contribution in [3.8, 4) is 17.2 Å². The first-order valence-corrected chi connectivity index (χ1v) is 7.78. The van der Waals surface area contributed by atoms with Crippen molar-refractivity contribution in [1.29, 1.82) is 0 Å². The number of aromatic nitrogens is 1. The van der Waals surface area contributed by atoms with E-state index in [2.05, 4.69) is 4.98 Å². The van der Waals surface area contributed by atoms with Crippen molar-refractivity contribution in [3.05, 3.63) is 46.3 Å². The summed E-state index contributed by atoms with van der Waals surface area (Å²) in [5, 5.41) is 9.16. The lowest BCUT2D eigenvalue weighted by atomic mass is 10.0. The Morgan fingerprint density at radius 3 is 2.04 bits per heavy atom. The molecule has 0 spiro atoms. The summed E-state index contributed by atoms with van der Waals surface area (Å²) >= 11 is 0. The minimum atomic E-state index is -1.10. The van der Waals surface area contributed by atoms with Gasteiger partial charge in [0.05, 0.1) is 21.3 Å². The van der Waals surface area contributed by atoms with Gasteiger partial charge in [-0.15, -0.1) is 0 Å². The van der Waals surface area contributed by atoms with Crippen LogP contribution in [0.25, 0.3) is 6.08 Å². The number of carboxylic acid groups (broad SMARTS) is 1. The Hall–Kier alpha value is -3.22. The molecule has 0 unspecified atom stereocenters. The van der Waals surface area contributed by atoms with Gasteiger partial charge < -0.3 is 24.3 Å². The van der Waals surface area contributed by atoms with Gasteiger partial charge in [-0.1, -0.05) is 6.08 Å². The zero-order valence-corrected chi connectivity index (χ0v) is 15.3. The largest absolute Gasteiger partial charge is 0.493 e. The summed E-state index contributed by atoms with van der Waals surface area (Å²) < 4.78 is 15.8. The first-order chi connectivity index (χ1) is 12.3. The first kappa shape index (κ1) is 19.1. The van der Waals surface area contributed by atoms with E-state index in [4.69, 9.17) is 19.3 Å². The molecule has 1 aromatic carbocycles. The lowest BCUT2D eigenvalue weighted by Gasteiger charge is -2.12. The van der Waals surface area contributed by atoms with Gasteiger partial charge >= 0.3 is 5.97 Å². The summed E-state index contributed by atoms with van der Waals surface area (Å²) in [4.78, 5) is 26.5. The average molecular weight is 359 g/mol. The highest BCUT2D eigenvalue weighted by atomic mass is 16.5. The van der Waals surface area contributed by atoms with Gasteiger partial charge in [-0.05, 0) is 43.2 Å². The number of hydrogen-bond donors (Lipinski definition) is 2. The number of carboxylic acids is 1. The number of ketones is 1. The fourth-order valence-corrected chi connectivity index (χ4v) is 2.79. The van der Waals surface area contributed by atoms with E-state index in [1.165, 1.54) is 27.4 Å². The minimum Gasteiger partial charge on any atom is -0.493 e. The molecular weight excluding hydrogens is 338 g/mol. The summed E-state index contributed by atoms with van der Waals surface area (Å²) in [7, 11) is 4.53. The number of ether oxygens (including phenoxy) is 3. The highest BCUT2D eigenvalue weighted by molar-refractivity contribution is 6.10. The molecule has 0 atom stereocenters. The quantitative estimate of drug-likeness (QED) is 0.582. The summed E-state index contributed by atoms with van der Waals surface area (Å²) in [5.41, 5.74) is 1.98. The van der Waals surface area contributed by atoms with E-state index < -0.39 is 5.97 Å². The zero-order chi connectivity index (χ0) is 19.4. The van der Waals surface area contributed by atoms with Crippen LogP contribution in [0.1, 0.15) is 37.7 Å². The molecule has 0 bridgehead atoms. The number of carbonyl (C=O) groups excluding carboxylic acids is 1. The van der Waals surface area contributed by atoms with Crippen molar-refractivity contribution in [1.82, 2.24) is 4.98 Å². The first-order valence-electron chi connectivity index (χ1n) is 7.78. The Bertz CT molecular complexity index is 853. The van der Waals surface area contributed by atoms with Gasteiger partial charge in [0, 0.05) is 11.3 Å². The van der Waals surface area contributed by atoms with Crippen LogP contribution in [0.3, 0.4) is 0 Å². The van der Waals surface area contributed by atoms with E-state index in [9.17, 15) is 9.59 Å². The molecule has 2 aromatic rings. The Morgan fingerprint density at radius 2 is 1.62 bits per heavy atom. The second-order valence-corrected chi connectivity index (χ2v) is 5.59. The highest BCUT2D eigenvalue weighted by Gasteiger charge is 2.20. The number of carbonyl (C=O) groups is 2. The van der Waals surface area contributed by atoms with Gasteiger partial charge in [-0.25, -0.2) is 4.79 Å². The van der Waals surface area contributed by atoms with Crippen LogP contribution < -0.4 is 14.2 Å². The number of H-pyrrole nitrogens is 1. The van der Waals surface area contributed by atoms with Crippen LogP contribution in [0.4, 0.5) is 0 Å². The molecule has 2 rings (SSSR count). The van der Waals surface area contributed by atoms with E-state index in [-0.39, 0.29) is 11.5 Å². The van der Waals surface area contributed by atoms with Crippen molar-refractivity contribution in [3.63, 3.8) is 0 Å². The molecule has 0 saturated carbocycles. The predicted molar refractivity (Wildman–Crippen MR) is 96.7 cm³/mol. The smallest absolute Gasteiger partial charge is 0.352 e. The highest BCUT2D eigenvalue weighted by Crippen LogP contribution is 2.38. The number of allylic oxidation sites excluding steroid dienone is 1. The summed E-state index contributed by atoms with van der Waals surface area (Å²) in [5.74, 6) is 0.0138. The van der Waals surface area contributed by atoms with Crippen molar-refractivity contribution >= 4 is 17.8 Å². The number of benzene rings is 1. The lowest BCUT2D eigenvalue weighted by molar-refractivity contribution is 0.0690. The van der Waals surface area contributed by atoms with Gasteiger partial charge in [-0.3, -0.25) is 4.79 Å². The fourth-order valence-electron chi connectivity index (χ4n) is 2.79. The average Bonchev–Trinajstić information content (AvgIpc) is 2.93. The number of aromatic carboxylic acids is 1. The van der Waals surface area contributed by atoms with Gasteiger partial charge in [-0.2, -0.15) is 0 Å². The van der Waals surface area contributed by atoms with E-state index in [0.29, 0.717) is 39.6 Å². The van der Waals surface area contributed by atoms with E-state index >= 15 is 0 Å². The van der Waals surface area contributed by atoms with Crippen LogP contribution >= 0.6 is 0 Å². The molecular formula is C19H21NO6. The molecule has 7 nitrogen and oxygen atoms in total. The van der Waals surface area contributed by atoms with Crippen molar-refractivity contribution in [2.24, 2.45) is 0 Å². The normalized spacial score (nSPS) is 10.8. The standard InChI is InChI=1S/C19H21NO6/c1-10-16(11(2)20-17(10)19(22)23)13(21)7-6-12-8-14(24-3)18(26-5)15(9-12)25-4/h6-9,20H,1-5H3,(H,22,23)/b7-6+. The molecule has 2 N–H and O–H groups in total. The Balaban J connectivity index is 2.39. The van der Waals surface area contributed by atoms with Crippen LogP contribution in [0, 0.1) is 13.8 Å². The summed E-state index contributed by atoms with van der Waals surface area (Å²) in [6.07, 6.45) is 2.99. The fraction of sp³-hybridized carbons (Fsp3) is 0.263. The third-order valence-electron chi connectivity index (χ3n) is 4.01. The molecule has 0 amide bonds. The van der Waals surface area contributed by atoms with Crippen LogP contribution in [0.5, 0.6) is 17.2 Å². The van der Waals surface area contributed by atoms with Crippen molar-refractivity contribution < 1.29 is 28.9 Å². The van der Waals surface area contributed by atoms with Gasteiger partial charge in [0.2, 0.25) is 5.75 Å². The maximum Gasteiger partial charge on any atom is 0.352 e. The number of methoxy groups -OCH3 is 3. The second kappa shape index (κ2) is 7.77. The van der Waals surface area contributed by atoms with Crippen LogP contribution in [-0.2, 0) is 0 Å². The number of rotatable bonds is 7.